The predicted octanol–water partition coefficient (Wildman–Crippen LogP) is 2.46. The van der Waals surface area contributed by atoms with Crippen molar-refractivity contribution in [1.82, 2.24) is 0 Å². The van der Waals surface area contributed by atoms with Crippen molar-refractivity contribution in [2.75, 3.05) is 25.1 Å². The standard InChI is InChI=1S/C11H11ClFNO3/c1-2-16-11(15)8-9(13)6(12)5-7-10(8)17-4-3-14-7/h5,14H,2-4H2,1H3. The molecule has 92 valence electrons. The van der Waals surface area contributed by atoms with Gasteiger partial charge in [0.15, 0.2) is 11.6 Å². The fourth-order valence-corrected chi connectivity index (χ4v) is 1.82. The summed E-state index contributed by atoms with van der Waals surface area (Å²) in [7, 11) is 0. The van der Waals surface area contributed by atoms with Crippen LogP contribution in [0.2, 0.25) is 5.02 Å². The van der Waals surface area contributed by atoms with Gasteiger partial charge in [0.1, 0.15) is 12.2 Å². The highest BCUT2D eigenvalue weighted by Crippen LogP contribution is 2.37. The Kier molecular flexibility index (Phi) is 3.38. The molecule has 1 N–H and O–H groups in total. The SMILES string of the molecule is CCOC(=O)c1c(F)c(Cl)cc2c1OCCN2. The van der Waals surface area contributed by atoms with Crippen molar-refractivity contribution in [2.45, 2.75) is 6.92 Å². The first-order valence-electron chi connectivity index (χ1n) is 5.21. The summed E-state index contributed by atoms with van der Waals surface area (Å²) in [6.07, 6.45) is 0. The lowest BCUT2D eigenvalue weighted by atomic mass is 10.1. The number of halogens is 2. The molecule has 0 atom stereocenters. The van der Waals surface area contributed by atoms with Crippen LogP contribution in [0.25, 0.3) is 0 Å². The van der Waals surface area contributed by atoms with Gasteiger partial charge in [0, 0.05) is 6.54 Å². The number of rotatable bonds is 2. The van der Waals surface area contributed by atoms with Gasteiger partial charge in [0.25, 0.3) is 0 Å². The molecule has 1 aromatic rings. The van der Waals surface area contributed by atoms with E-state index < -0.39 is 11.8 Å². The summed E-state index contributed by atoms with van der Waals surface area (Å²) >= 11 is 5.72. The number of carbonyl (C=O) groups excluding carboxylic acids is 1. The second kappa shape index (κ2) is 4.79. The molecule has 0 spiro atoms. The lowest BCUT2D eigenvalue weighted by molar-refractivity contribution is 0.0516. The van der Waals surface area contributed by atoms with Crippen molar-refractivity contribution >= 4 is 23.3 Å². The summed E-state index contributed by atoms with van der Waals surface area (Å²) < 4.78 is 23.9. The van der Waals surface area contributed by atoms with Crippen molar-refractivity contribution in [3.8, 4) is 5.75 Å². The smallest absolute Gasteiger partial charge is 0.345 e. The summed E-state index contributed by atoms with van der Waals surface area (Å²) in [6.45, 7) is 2.75. The van der Waals surface area contributed by atoms with Crippen molar-refractivity contribution in [3.05, 3.63) is 22.5 Å². The molecular formula is C11H11ClFNO3. The van der Waals surface area contributed by atoms with E-state index in [1.54, 1.807) is 6.92 Å². The van der Waals surface area contributed by atoms with Crippen LogP contribution in [-0.2, 0) is 4.74 Å². The van der Waals surface area contributed by atoms with Crippen LogP contribution in [0.5, 0.6) is 5.75 Å². The summed E-state index contributed by atoms with van der Waals surface area (Å²) in [4.78, 5) is 11.7. The highest BCUT2D eigenvalue weighted by Gasteiger charge is 2.27. The zero-order valence-corrected chi connectivity index (χ0v) is 9.94. The molecule has 0 bridgehead atoms. The Morgan fingerprint density at radius 3 is 3.18 bits per heavy atom. The van der Waals surface area contributed by atoms with E-state index in [2.05, 4.69) is 5.32 Å². The van der Waals surface area contributed by atoms with Gasteiger partial charge < -0.3 is 14.8 Å². The van der Waals surface area contributed by atoms with Crippen molar-refractivity contribution < 1.29 is 18.7 Å². The molecule has 17 heavy (non-hydrogen) atoms. The fraction of sp³-hybridized carbons (Fsp3) is 0.364. The normalized spacial score (nSPS) is 13.4. The molecule has 1 heterocycles. The van der Waals surface area contributed by atoms with E-state index in [9.17, 15) is 9.18 Å². The zero-order chi connectivity index (χ0) is 12.4. The largest absolute Gasteiger partial charge is 0.489 e. The van der Waals surface area contributed by atoms with Gasteiger partial charge >= 0.3 is 5.97 Å². The first kappa shape index (κ1) is 12.0. The van der Waals surface area contributed by atoms with Gasteiger partial charge in [0.2, 0.25) is 0 Å². The number of ether oxygens (including phenoxy) is 2. The zero-order valence-electron chi connectivity index (χ0n) is 9.18. The molecular weight excluding hydrogens is 249 g/mol. The van der Waals surface area contributed by atoms with E-state index in [-0.39, 0.29) is 22.9 Å². The van der Waals surface area contributed by atoms with Crippen LogP contribution >= 0.6 is 11.6 Å². The Labute approximate surface area is 103 Å². The molecule has 0 fully saturated rings. The summed E-state index contributed by atoms with van der Waals surface area (Å²) in [5, 5.41) is 2.85. The van der Waals surface area contributed by atoms with Crippen molar-refractivity contribution in [2.24, 2.45) is 0 Å². The number of carbonyl (C=O) groups is 1. The van der Waals surface area contributed by atoms with Gasteiger partial charge in [-0.05, 0) is 13.0 Å². The molecule has 0 aliphatic carbocycles. The molecule has 1 aromatic carbocycles. The lowest BCUT2D eigenvalue weighted by Crippen LogP contribution is -2.21. The number of hydrogen-bond donors (Lipinski definition) is 1. The number of anilines is 1. The fourth-order valence-electron chi connectivity index (χ4n) is 1.61. The molecule has 0 aromatic heterocycles. The monoisotopic (exact) mass is 259 g/mol. The van der Waals surface area contributed by atoms with Crippen LogP contribution in [0.15, 0.2) is 6.07 Å². The highest BCUT2D eigenvalue weighted by atomic mass is 35.5. The van der Waals surface area contributed by atoms with Crippen LogP contribution in [0.1, 0.15) is 17.3 Å². The lowest BCUT2D eigenvalue weighted by Gasteiger charge is -2.22. The van der Waals surface area contributed by atoms with Gasteiger partial charge in [-0.2, -0.15) is 0 Å². The second-order valence-electron chi connectivity index (χ2n) is 3.42. The third kappa shape index (κ3) is 2.15. The van der Waals surface area contributed by atoms with Gasteiger partial charge in [-0.3, -0.25) is 0 Å². The number of benzene rings is 1. The van der Waals surface area contributed by atoms with E-state index in [0.717, 1.165) is 0 Å². The molecule has 1 aliphatic rings. The number of nitrogens with one attached hydrogen (secondary N) is 1. The van der Waals surface area contributed by atoms with Crippen molar-refractivity contribution in [1.29, 1.82) is 0 Å². The average Bonchev–Trinajstić information content (AvgIpc) is 2.31. The molecule has 0 saturated heterocycles. The molecule has 0 unspecified atom stereocenters. The van der Waals surface area contributed by atoms with Crippen LogP contribution in [0.3, 0.4) is 0 Å². The van der Waals surface area contributed by atoms with Crippen molar-refractivity contribution in [3.63, 3.8) is 0 Å². The maximum atomic E-state index is 13.8. The van der Waals surface area contributed by atoms with Crippen LogP contribution in [0, 0.1) is 5.82 Å². The molecule has 0 saturated carbocycles. The van der Waals surface area contributed by atoms with Gasteiger partial charge in [0.05, 0.1) is 17.3 Å². The molecule has 1 aliphatic heterocycles. The summed E-state index contributed by atoms with van der Waals surface area (Å²) in [5.74, 6) is -1.42. The third-order valence-electron chi connectivity index (χ3n) is 2.32. The topological polar surface area (TPSA) is 47.6 Å². The minimum absolute atomic E-state index is 0.134. The summed E-state index contributed by atoms with van der Waals surface area (Å²) in [5.41, 5.74) is 0.257. The highest BCUT2D eigenvalue weighted by molar-refractivity contribution is 6.31. The molecule has 6 heteroatoms. The number of hydrogen-bond acceptors (Lipinski definition) is 4. The van der Waals surface area contributed by atoms with E-state index in [1.807, 2.05) is 0 Å². The van der Waals surface area contributed by atoms with Gasteiger partial charge in [-0.1, -0.05) is 11.6 Å². The predicted molar refractivity (Wildman–Crippen MR) is 61.4 cm³/mol. The van der Waals surface area contributed by atoms with Crippen LogP contribution in [-0.4, -0.2) is 25.7 Å². The van der Waals surface area contributed by atoms with E-state index in [1.165, 1.54) is 6.07 Å². The van der Waals surface area contributed by atoms with E-state index in [4.69, 9.17) is 21.1 Å². The minimum atomic E-state index is -0.812. The Hall–Kier alpha value is -1.49. The maximum Gasteiger partial charge on any atom is 0.345 e. The van der Waals surface area contributed by atoms with Gasteiger partial charge in [-0.15, -0.1) is 0 Å². The Balaban J connectivity index is 2.54. The Morgan fingerprint density at radius 2 is 2.47 bits per heavy atom. The quantitative estimate of drug-likeness (QED) is 0.829. The minimum Gasteiger partial charge on any atom is -0.489 e. The second-order valence-corrected chi connectivity index (χ2v) is 3.83. The maximum absolute atomic E-state index is 13.8. The molecule has 2 rings (SSSR count). The van der Waals surface area contributed by atoms with E-state index >= 15 is 0 Å². The number of fused-ring (bicyclic) bond motifs is 1. The molecule has 4 nitrogen and oxygen atoms in total. The van der Waals surface area contributed by atoms with Crippen LogP contribution < -0.4 is 10.1 Å². The summed E-state index contributed by atoms with van der Waals surface area (Å²) in [6, 6.07) is 1.40. The third-order valence-corrected chi connectivity index (χ3v) is 2.59. The molecule has 0 radical (unpaired) electrons. The Morgan fingerprint density at radius 1 is 1.71 bits per heavy atom. The first-order chi connectivity index (χ1) is 8.15. The van der Waals surface area contributed by atoms with Crippen LogP contribution in [0.4, 0.5) is 10.1 Å². The van der Waals surface area contributed by atoms with E-state index in [0.29, 0.717) is 18.8 Å². The first-order valence-corrected chi connectivity index (χ1v) is 5.58. The average molecular weight is 260 g/mol. The molecule has 0 amide bonds. The Bertz CT molecular complexity index is 465. The number of esters is 1. The van der Waals surface area contributed by atoms with Gasteiger partial charge in [-0.25, -0.2) is 9.18 Å².